The van der Waals surface area contributed by atoms with E-state index in [2.05, 4.69) is 24.0 Å². The number of nitrogens with one attached hydrogen (secondary N) is 1. The highest BCUT2D eigenvalue weighted by Crippen LogP contribution is 2.24. The highest BCUT2D eigenvalue weighted by atomic mass is 32.1. The second-order valence-electron chi connectivity index (χ2n) is 6.26. The molecule has 0 radical (unpaired) electrons. The summed E-state index contributed by atoms with van der Waals surface area (Å²) in [5, 5.41) is 0. The molecule has 0 aliphatic carbocycles. The van der Waals surface area contributed by atoms with Gasteiger partial charge in [0.15, 0.2) is 8.73 Å². The van der Waals surface area contributed by atoms with E-state index in [-0.39, 0.29) is 5.56 Å². The summed E-state index contributed by atoms with van der Waals surface area (Å²) in [5.41, 5.74) is 4.43. The third-order valence-corrected chi connectivity index (χ3v) is 6.24. The lowest BCUT2D eigenvalue weighted by Gasteiger charge is -2.10. The number of rotatable bonds is 3. The number of benzene rings is 2. The van der Waals surface area contributed by atoms with Crippen molar-refractivity contribution >= 4 is 46.1 Å². The van der Waals surface area contributed by atoms with Crippen LogP contribution < -0.4 is 5.56 Å². The van der Waals surface area contributed by atoms with Gasteiger partial charge >= 0.3 is 0 Å². The predicted molar refractivity (Wildman–Crippen MR) is 117 cm³/mol. The van der Waals surface area contributed by atoms with E-state index in [0.29, 0.717) is 19.1 Å². The first-order valence-electron chi connectivity index (χ1n) is 8.57. The number of para-hydroxylation sites is 1. The molecule has 0 fully saturated rings. The van der Waals surface area contributed by atoms with Crippen LogP contribution >= 0.6 is 35.8 Å². The average Bonchev–Trinajstić information content (AvgIpc) is 2.99. The molecule has 4 nitrogen and oxygen atoms in total. The summed E-state index contributed by atoms with van der Waals surface area (Å²) in [6.07, 6.45) is 0.972. The summed E-state index contributed by atoms with van der Waals surface area (Å²) < 4.78 is 4.96. The largest absolute Gasteiger partial charge is 0.316 e. The molecule has 136 valence electrons. The summed E-state index contributed by atoms with van der Waals surface area (Å²) in [5.74, 6) is 0. The van der Waals surface area contributed by atoms with Crippen LogP contribution in [-0.2, 0) is 6.42 Å². The molecule has 0 bridgehead atoms. The molecule has 0 amide bonds. The Kier molecular flexibility index (Phi) is 4.67. The first-order valence-corrected chi connectivity index (χ1v) is 10.2. The highest BCUT2D eigenvalue weighted by molar-refractivity contribution is 7.73. The molecule has 0 saturated carbocycles. The number of hydrogen-bond acceptors (Lipinski definition) is 4. The monoisotopic (exact) mass is 411 g/mol. The fourth-order valence-electron chi connectivity index (χ4n) is 3.13. The second-order valence-corrected chi connectivity index (χ2v) is 8.29. The predicted octanol–water partition coefficient (Wildman–Crippen LogP) is 5.50. The molecule has 0 saturated heterocycles. The summed E-state index contributed by atoms with van der Waals surface area (Å²) >= 11 is 12.4. The molecule has 0 unspecified atom stereocenters. The zero-order valence-corrected chi connectivity index (χ0v) is 17.3. The number of thiazole rings is 1. The lowest BCUT2D eigenvalue weighted by molar-refractivity contribution is 0.919. The van der Waals surface area contributed by atoms with Crippen molar-refractivity contribution in [1.82, 2.24) is 14.1 Å². The van der Waals surface area contributed by atoms with Gasteiger partial charge in [0.2, 0.25) is 0 Å². The van der Waals surface area contributed by atoms with Crippen molar-refractivity contribution in [1.29, 1.82) is 0 Å². The maximum absolute atomic E-state index is 13.2. The van der Waals surface area contributed by atoms with Crippen molar-refractivity contribution in [3.63, 3.8) is 0 Å². The van der Waals surface area contributed by atoms with E-state index in [1.807, 2.05) is 47.9 Å². The Balaban J connectivity index is 2.02. The molecule has 2 aromatic heterocycles. The lowest BCUT2D eigenvalue weighted by atomic mass is 10.1. The number of aryl methyl sites for hydroxylation is 2. The fraction of sp³-hybridized carbons (Fsp3) is 0.150. The van der Waals surface area contributed by atoms with Crippen LogP contribution in [0.4, 0.5) is 0 Å². The molecule has 2 heterocycles. The van der Waals surface area contributed by atoms with Gasteiger partial charge in [-0.3, -0.25) is 13.9 Å². The quantitative estimate of drug-likeness (QED) is 0.453. The number of hydrogen-bond donors (Lipinski definition) is 1. The van der Waals surface area contributed by atoms with Crippen molar-refractivity contribution in [3.8, 4) is 11.4 Å². The molecule has 0 aliphatic rings. The zero-order chi connectivity index (χ0) is 19.1. The molecule has 1 N–H and O–H groups in total. The maximum atomic E-state index is 13.2. The summed E-state index contributed by atoms with van der Waals surface area (Å²) in [6, 6.07) is 15.9. The second kappa shape index (κ2) is 6.99. The first kappa shape index (κ1) is 18.0. The Morgan fingerprint density at radius 1 is 1.04 bits per heavy atom. The van der Waals surface area contributed by atoms with E-state index in [9.17, 15) is 4.79 Å². The van der Waals surface area contributed by atoms with Crippen molar-refractivity contribution in [2.45, 2.75) is 20.3 Å². The van der Waals surface area contributed by atoms with Gasteiger partial charge in [0.1, 0.15) is 10.3 Å². The van der Waals surface area contributed by atoms with Gasteiger partial charge in [0, 0.05) is 5.69 Å². The van der Waals surface area contributed by atoms with Gasteiger partial charge in [-0.25, -0.2) is 0 Å². The Morgan fingerprint density at radius 2 is 1.74 bits per heavy atom. The molecule has 7 heteroatoms. The Hall–Kier alpha value is -2.35. The Labute approximate surface area is 170 Å². The topological polar surface area (TPSA) is 42.7 Å². The summed E-state index contributed by atoms with van der Waals surface area (Å²) in [7, 11) is 0. The highest BCUT2D eigenvalue weighted by Gasteiger charge is 2.15. The van der Waals surface area contributed by atoms with Crippen molar-refractivity contribution < 1.29 is 0 Å². The standard InChI is InChI=1S/C20H17N3OS3/c1-3-13-8-10-14(11-9-13)22-17-16(27-20(22)26)18(24)23(19(25)21-17)15-7-5-4-6-12(15)2/h4-11H,3H2,1-2H3,(H,21,25). The van der Waals surface area contributed by atoms with Crippen LogP contribution in [0.25, 0.3) is 21.7 Å². The van der Waals surface area contributed by atoms with Crippen LogP contribution in [0.3, 0.4) is 0 Å². The minimum absolute atomic E-state index is 0.150. The normalized spacial score (nSPS) is 11.2. The van der Waals surface area contributed by atoms with E-state index in [1.54, 1.807) is 4.57 Å². The molecular weight excluding hydrogens is 394 g/mol. The van der Waals surface area contributed by atoms with Crippen LogP contribution in [0.1, 0.15) is 18.1 Å². The molecular formula is C20H17N3OS3. The van der Waals surface area contributed by atoms with Crippen LogP contribution in [0.2, 0.25) is 0 Å². The zero-order valence-electron chi connectivity index (χ0n) is 14.9. The van der Waals surface area contributed by atoms with E-state index >= 15 is 0 Å². The molecule has 2 aromatic carbocycles. The third-order valence-electron chi connectivity index (χ3n) is 4.60. The molecule has 4 rings (SSSR count). The van der Waals surface area contributed by atoms with Crippen molar-refractivity contribution in [3.05, 3.63) is 78.7 Å². The van der Waals surface area contributed by atoms with Gasteiger partial charge in [-0.2, -0.15) is 0 Å². The van der Waals surface area contributed by atoms with Crippen molar-refractivity contribution in [2.24, 2.45) is 0 Å². The third kappa shape index (κ3) is 3.01. The Morgan fingerprint density at radius 3 is 2.41 bits per heavy atom. The fourth-order valence-corrected chi connectivity index (χ4v) is 4.74. The number of aromatic amines is 1. The van der Waals surface area contributed by atoms with Crippen molar-refractivity contribution in [2.75, 3.05) is 0 Å². The number of H-pyrrole nitrogens is 1. The molecule has 0 spiro atoms. The molecule has 0 aliphatic heterocycles. The van der Waals surface area contributed by atoms with Crippen LogP contribution in [0.15, 0.2) is 53.3 Å². The van der Waals surface area contributed by atoms with Crippen LogP contribution in [0, 0.1) is 15.6 Å². The maximum Gasteiger partial charge on any atom is 0.278 e. The SMILES string of the molecule is CCc1ccc(-n2c(=S)sc3c(=O)n(-c4ccccc4C)c(=S)[nH]c32)cc1. The summed E-state index contributed by atoms with van der Waals surface area (Å²) in [4.78, 5) is 16.5. The smallest absolute Gasteiger partial charge is 0.278 e. The van der Waals surface area contributed by atoms with Gasteiger partial charge in [-0.1, -0.05) is 48.6 Å². The van der Waals surface area contributed by atoms with Gasteiger partial charge < -0.3 is 4.98 Å². The summed E-state index contributed by atoms with van der Waals surface area (Å²) in [6.45, 7) is 4.08. The number of aromatic nitrogens is 3. The van der Waals surface area contributed by atoms with Crippen LogP contribution in [0.5, 0.6) is 0 Å². The molecule has 4 aromatic rings. The average molecular weight is 412 g/mol. The minimum Gasteiger partial charge on any atom is -0.316 e. The van der Waals surface area contributed by atoms with E-state index in [1.165, 1.54) is 16.9 Å². The van der Waals surface area contributed by atoms with E-state index in [0.717, 1.165) is 23.4 Å². The lowest BCUT2D eigenvalue weighted by Crippen LogP contribution is -2.21. The van der Waals surface area contributed by atoms with E-state index < -0.39 is 0 Å². The number of fused-ring (bicyclic) bond motifs is 1. The molecule has 0 atom stereocenters. The number of nitrogens with zero attached hydrogens (tertiary/aromatic N) is 2. The van der Waals surface area contributed by atoms with Gasteiger partial charge in [0.25, 0.3) is 5.56 Å². The molecule has 27 heavy (non-hydrogen) atoms. The van der Waals surface area contributed by atoms with E-state index in [4.69, 9.17) is 24.4 Å². The van der Waals surface area contributed by atoms with Crippen LogP contribution in [-0.4, -0.2) is 14.1 Å². The minimum atomic E-state index is -0.150. The van der Waals surface area contributed by atoms with Gasteiger partial charge in [0.05, 0.1) is 5.69 Å². The Bertz CT molecular complexity index is 1320. The van der Waals surface area contributed by atoms with Gasteiger partial charge in [-0.05, 0) is 67.1 Å². The van der Waals surface area contributed by atoms with Gasteiger partial charge in [-0.15, -0.1) is 0 Å². The first-order chi connectivity index (χ1) is 13.0.